The molecule has 1 aromatic heterocycles. The maximum Gasteiger partial charge on any atom is 0.256 e. The van der Waals surface area contributed by atoms with Crippen LogP contribution >= 0.6 is 22.6 Å². The first-order valence-corrected chi connectivity index (χ1v) is 9.15. The summed E-state index contributed by atoms with van der Waals surface area (Å²) in [5, 5.41) is 9.68. The number of aromatic nitrogens is 2. The van der Waals surface area contributed by atoms with Gasteiger partial charge in [-0.3, -0.25) is 14.3 Å². The largest absolute Gasteiger partial charge is 0.497 e. The van der Waals surface area contributed by atoms with Crippen LogP contribution in [0.1, 0.15) is 10.4 Å². The van der Waals surface area contributed by atoms with Crippen LogP contribution < -0.4 is 15.4 Å². The zero-order valence-corrected chi connectivity index (χ0v) is 16.6. The monoisotopic (exact) mass is 476 g/mol. The number of rotatable bonds is 6. The van der Waals surface area contributed by atoms with Crippen LogP contribution in [0.2, 0.25) is 0 Å². The average molecular weight is 476 g/mol. The Morgan fingerprint density at radius 1 is 1.07 bits per heavy atom. The summed E-state index contributed by atoms with van der Waals surface area (Å²) in [6, 6.07) is 14.3. The van der Waals surface area contributed by atoms with E-state index in [4.69, 9.17) is 4.74 Å². The fourth-order valence-electron chi connectivity index (χ4n) is 2.38. The molecule has 1 heterocycles. The fraction of sp³-hybridized carbons (Fsp3) is 0.105. The molecule has 138 valence electrons. The molecule has 0 bridgehead atoms. The summed E-state index contributed by atoms with van der Waals surface area (Å²) in [5.74, 6) is 0.273. The molecule has 0 saturated carbocycles. The molecule has 0 unspecified atom stereocenters. The molecule has 3 rings (SSSR count). The third-order valence-electron chi connectivity index (χ3n) is 3.69. The Kier molecular flexibility index (Phi) is 6.07. The van der Waals surface area contributed by atoms with Crippen LogP contribution in [0.5, 0.6) is 5.75 Å². The molecule has 0 radical (unpaired) electrons. The highest BCUT2D eigenvalue weighted by atomic mass is 127. The summed E-state index contributed by atoms with van der Waals surface area (Å²) in [7, 11) is 1.58. The van der Waals surface area contributed by atoms with Crippen LogP contribution in [0.4, 0.5) is 11.4 Å². The minimum atomic E-state index is -0.223. The number of hydrogen-bond donors (Lipinski definition) is 2. The summed E-state index contributed by atoms with van der Waals surface area (Å²) in [6.45, 7) is 0.0325. The molecule has 0 aliphatic rings. The second-order valence-electron chi connectivity index (χ2n) is 5.64. The minimum absolute atomic E-state index is 0.0325. The highest BCUT2D eigenvalue weighted by Crippen LogP contribution is 2.16. The quantitative estimate of drug-likeness (QED) is 0.535. The van der Waals surface area contributed by atoms with Crippen LogP contribution in [-0.2, 0) is 11.3 Å². The zero-order valence-electron chi connectivity index (χ0n) is 14.5. The van der Waals surface area contributed by atoms with Crippen LogP contribution in [-0.4, -0.2) is 28.7 Å². The standard InChI is InChI=1S/C19H17IN4O3/c1-27-15-8-6-13(7-9-15)22-18(25)12-24-11-14(10-21-24)23-19(26)16-4-2-3-5-17(16)20/h2-11H,12H2,1H3,(H,22,25)(H,23,26). The van der Waals surface area contributed by atoms with Gasteiger partial charge in [0.2, 0.25) is 5.91 Å². The molecule has 27 heavy (non-hydrogen) atoms. The van der Waals surface area contributed by atoms with Gasteiger partial charge in [-0.05, 0) is 59.0 Å². The third-order valence-corrected chi connectivity index (χ3v) is 4.63. The lowest BCUT2D eigenvalue weighted by molar-refractivity contribution is -0.116. The van der Waals surface area contributed by atoms with Crippen molar-refractivity contribution in [3.63, 3.8) is 0 Å². The SMILES string of the molecule is COc1ccc(NC(=O)Cn2cc(NC(=O)c3ccccc3I)cn2)cc1. The number of carbonyl (C=O) groups is 2. The maximum absolute atomic E-state index is 12.3. The van der Waals surface area contributed by atoms with Crippen LogP contribution in [0, 0.1) is 3.57 Å². The van der Waals surface area contributed by atoms with E-state index >= 15 is 0 Å². The van der Waals surface area contributed by atoms with Gasteiger partial charge < -0.3 is 15.4 Å². The van der Waals surface area contributed by atoms with Crippen molar-refractivity contribution in [3.05, 3.63) is 70.1 Å². The second-order valence-corrected chi connectivity index (χ2v) is 6.80. The van der Waals surface area contributed by atoms with Crippen molar-refractivity contribution in [2.24, 2.45) is 0 Å². The van der Waals surface area contributed by atoms with Gasteiger partial charge in [0.15, 0.2) is 0 Å². The maximum atomic E-state index is 12.3. The van der Waals surface area contributed by atoms with Gasteiger partial charge in [-0.1, -0.05) is 12.1 Å². The molecular weight excluding hydrogens is 459 g/mol. The van der Waals surface area contributed by atoms with Gasteiger partial charge >= 0.3 is 0 Å². The van der Waals surface area contributed by atoms with Gasteiger partial charge in [0.1, 0.15) is 12.3 Å². The molecule has 0 aliphatic carbocycles. The Morgan fingerprint density at radius 2 is 1.81 bits per heavy atom. The number of nitrogens with one attached hydrogen (secondary N) is 2. The normalized spacial score (nSPS) is 10.3. The number of ether oxygens (including phenoxy) is 1. The van der Waals surface area contributed by atoms with Crippen molar-refractivity contribution in [3.8, 4) is 5.75 Å². The number of halogens is 1. The van der Waals surface area contributed by atoms with Gasteiger partial charge in [-0.15, -0.1) is 0 Å². The topological polar surface area (TPSA) is 85.2 Å². The minimum Gasteiger partial charge on any atom is -0.497 e. The van der Waals surface area contributed by atoms with Crippen LogP contribution in [0.25, 0.3) is 0 Å². The molecule has 0 aliphatic heterocycles. The van der Waals surface area contributed by atoms with E-state index in [2.05, 4.69) is 38.3 Å². The summed E-state index contributed by atoms with van der Waals surface area (Å²) in [4.78, 5) is 24.5. The van der Waals surface area contributed by atoms with E-state index in [1.165, 1.54) is 10.9 Å². The lowest BCUT2D eigenvalue weighted by atomic mass is 10.2. The predicted molar refractivity (Wildman–Crippen MR) is 111 cm³/mol. The average Bonchev–Trinajstić information content (AvgIpc) is 3.09. The Labute approximate surface area is 169 Å². The number of carbonyl (C=O) groups excluding carboxylic acids is 2. The van der Waals surface area contributed by atoms with Crippen LogP contribution in [0.3, 0.4) is 0 Å². The molecule has 8 heteroatoms. The number of methoxy groups -OCH3 is 1. The van der Waals surface area contributed by atoms with Crippen molar-refractivity contribution in [1.29, 1.82) is 0 Å². The summed E-state index contributed by atoms with van der Waals surface area (Å²) >= 11 is 2.11. The molecule has 0 saturated heterocycles. The van der Waals surface area contributed by atoms with Gasteiger partial charge in [0, 0.05) is 15.5 Å². The van der Waals surface area contributed by atoms with Crippen LogP contribution in [0.15, 0.2) is 60.9 Å². The van der Waals surface area contributed by atoms with E-state index in [9.17, 15) is 9.59 Å². The van der Waals surface area contributed by atoms with Gasteiger partial charge in [-0.2, -0.15) is 5.10 Å². The van der Waals surface area contributed by atoms with Gasteiger partial charge in [0.05, 0.1) is 24.6 Å². The highest BCUT2D eigenvalue weighted by molar-refractivity contribution is 14.1. The lowest BCUT2D eigenvalue weighted by Gasteiger charge is -2.06. The second kappa shape index (κ2) is 8.67. The Bertz CT molecular complexity index is 954. The number of amides is 2. The zero-order chi connectivity index (χ0) is 19.2. The molecule has 3 aromatic rings. The van der Waals surface area contributed by atoms with E-state index < -0.39 is 0 Å². The predicted octanol–water partition coefficient (Wildman–Crippen LogP) is 3.39. The molecule has 0 atom stereocenters. The van der Waals surface area contributed by atoms with E-state index in [-0.39, 0.29) is 18.4 Å². The Hall–Kier alpha value is -2.88. The first-order chi connectivity index (χ1) is 13.0. The first kappa shape index (κ1) is 18.9. The summed E-state index contributed by atoms with van der Waals surface area (Å²) in [6.07, 6.45) is 3.12. The molecular formula is C19H17IN4O3. The number of benzene rings is 2. The number of hydrogen-bond acceptors (Lipinski definition) is 4. The van der Waals surface area contributed by atoms with E-state index in [0.29, 0.717) is 22.7 Å². The van der Waals surface area contributed by atoms with Crippen molar-refractivity contribution in [2.75, 3.05) is 17.7 Å². The lowest BCUT2D eigenvalue weighted by Crippen LogP contribution is -2.19. The fourth-order valence-corrected chi connectivity index (χ4v) is 3.01. The number of nitrogens with zero attached hydrogens (tertiary/aromatic N) is 2. The van der Waals surface area contributed by atoms with Gasteiger partial charge in [0.25, 0.3) is 5.91 Å². The Balaban J connectivity index is 1.57. The molecule has 7 nitrogen and oxygen atoms in total. The Morgan fingerprint density at radius 3 is 2.52 bits per heavy atom. The summed E-state index contributed by atoms with van der Waals surface area (Å²) in [5.41, 5.74) is 1.78. The van der Waals surface area contributed by atoms with E-state index in [1.54, 1.807) is 43.6 Å². The van der Waals surface area contributed by atoms with Crippen molar-refractivity contribution < 1.29 is 14.3 Å². The third kappa shape index (κ3) is 5.07. The molecule has 2 aromatic carbocycles. The molecule has 2 N–H and O–H groups in total. The molecule has 0 spiro atoms. The van der Waals surface area contributed by atoms with Crippen molar-refractivity contribution in [1.82, 2.24) is 9.78 Å². The molecule has 0 fully saturated rings. The smallest absolute Gasteiger partial charge is 0.256 e. The summed E-state index contributed by atoms with van der Waals surface area (Å²) < 4.78 is 7.40. The van der Waals surface area contributed by atoms with Crippen molar-refractivity contribution in [2.45, 2.75) is 6.54 Å². The van der Waals surface area contributed by atoms with E-state index in [0.717, 1.165) is 3.57 Å². The van der Waals surface area contributed by atoms with Crippen molar-refractivity contribution >= 4 is 45.8 Å². The van der Waals surface area contributed by atoms with Gasteiger partial charge in [-0.25, -0.2) is 0 Å². The van der Waals surface area contributed by atoms with E-state index in [1.807, 2.05) is 18.2 Å². The highest BCUT2D eigenvalue weighted by Gasteiger charge is 2.11. The number of anilines is 2. The molecule has 2 amide bonds. The first-order valence-electron chi connectivity index (χ1n) is 8.07.